The summed E-state index contributed by atoms with van der Waals surface area (Å²) in [5, 5.41) is 13.4. The Morgan fingerprint density at radius 3 is 2.76 bits per heavy atom. The van der Waals surface area contributed by atoms with Crippen LogP contribution in [-0.4, -0.2) is 57.2 Å². The van der Waals surface area contributed by atoms with Crippen LogP contribution in [0.5, 0.6) is 0 Å². The fourth-order valence-corrected chi connectivity index (χ4v) is 3.46. The van der Waals surface area contributed by atoms with Crippen LogP contribution in [0.25, 0.3) is 11.0 Å². The zero-order valence-electron chi connectivity index (χ0n) is 15.2. The lowest BCUT2D eigenvalue weighted by Gasteiger charge is -2.19. The molecule has 2 N–H and O–H groups in total. The van der Waals surface area contributed by atoms with Crippen LogP contribution >= 0.6 is 0 Å². The maximum Gasteiger partial charge on any atom is 0.270 e. The second-order valence-corrected chi connectivity index (χ2v) is 6.94. The number of fused-ring (bicyclic) bond motifs is 1. The minimum absolute atomic E-state index is 0.0128. The van der Waals surface area contributed by atoms with Crippen molar-refractivity contribution in [1.29, 1.82) is 0 Å². The average molecular weight is 345 g/mol. The van der Waals surface area contributed by atoms with E-state index in [1.54, 1.807) is 25.2 Å². The molecule has 7 heteroatoms. The Balaban J connectivity index is 2.07. The molecule has 2 heterocycles. The first-order chi connectivity index (χ1) is 12.0. The lowest BCUT2D eigenvalue weighted by Crippen LogP contribution is -2.26. The van der Waals surface area contributed by atoms with Gasteiger partial charge in [0.05, 0.1) is 12.6 Å². The standard InChI is InChI=1S/C18H27N5O2/c1-4-13(11-24)20-18-19-10-12-9-15(17(25)22(2)3)23(16(12)21-18)14-7-5-6-8-14/h9-10,13-14,24H,4-8,11H2,1-3H3,(H,19,20,21). The van der Waals surface area contributed by atoms with Crippen LogP contribution in [-0.2, 0) is 0 Å². The lowest BCUT2D eigenvalue weighted by atomic mass is 10.2. The topological polar surface area (TPSA) is 83.3 Å². The molecule has 7 nitrogen and oxygen atoms in total. The summed E-state index contributed by atoms with van der Waals surface area (Å²) in [7, 11) is 3.54. The number of aliphatic hydroxyl groups excluding tert-OH is 1. The summed E-state index contributed by atoms with van der Waals surface area (Å²) in [6.07, 6.45) is 7.03. The first-order valence-corrected chi connectivity index (χ1v) is 9.02. The zero-order chi connectivity index (χ0) is 18.0. The number of aliphatic hydroxyl groups is 1. The van der Waals surface area contributed by atoms with Gasteiger partial charge in [0.2, 0.25) is 5.95 Å². The highest BCUT2D eigenvalue weighted by atomic mass is 16.3. The third-order valence-corrected chi connectivity index (χ3v) is 4.94. The molecule has 1 unspecified atom stereocenters. The number of hydrogen-bond acceptors (Lipinski definition) is 5. The molecule has 1 fully saturated rings. The number of anilines is 1. The van der Waals surface area contributed by atoms with Crippen LogP contribution in [0.2, 0.25) is 0 Å². The van der Waals surface area contributed by atoms with E-state index in [4.69, 9.17) is 0 Å². The van der Waals surface area contributed by atoms with Gasteiger partial charge in [0, 0.05) is 31.7 Å². The summed E-state index contributed by atoms with van der Waals surface area (Å²) in [6, 6.07) is 2.12. The van der Waals surface area contributed by atoms with Gasteiger partial charge in [-0.15, -0.1) is 0 Å². The summed E-state index contributed by atoms with van der Waals surface area (Å²) in [4.78, 5) is 23.3. The summed E-state index contributed by atoms with van der Waals surface area (Å²) in [5.74, 6) is 0.482. The molecule has 0 spiro atoms. The van der Waals surface area contributed by atoms with Crippen molar-refractivity contribution in [3.63, 3.8) is 0 Å². The molecule has 2 aromatic heterocycles. The van der Waals surface area contributed by atoms with Gasteiger partial charge >= 0.3 is 0 Å². The summed E-state index contributed by atoms with van der Waals surface area (Å²) in [5.41, 5.74) is 1.47. The number of aromatic nitrogens is 3. The quantitative estimate of drug-likeness (QED) is 0.840. The van der Waals surface area contributed by atoms with Gasteiger partial charge in [0.15, 0.2) is 0 Å². The number of carbonyl (C=O) groups is 1. The van der Waals surface area contributed by atoms with E-state index >= 15 is 0 Å². The minimum Gasteiger partial charge on any atom is -0.394 e. The number of rotatable bonds is 6. The van der Waals surface area contributed by atoms with E-state index in [2.05, 4.69) is 19.9 Å². The predicted octanol–water partition coefficient (Wildman–Crippen LogP) is 2.43. The monoisotopic (exact) mass is 345 g/mol. The van der Waals surface area contributed by atoms with Crippen LogP contribution in [0, 0.1) is 0 Å². The van der Waals surface area contributed by atoms with Gasteiger partial charge in [-0.05, 0) is 25.3 Å². The van der Waals surface area contributed by atoms with Gasteiger partial charge < -0.3 is 19.9 Å². The molecule has 1 atom stereocenters. The van der Waals surface area contributed by atoms with Crippen molar-refractivity contribution < 1.29 is 9.90 Å². The molecule has 1 saturated carbocycles. The van der Waals surface area contributed by atoms with Crippen LogP contribution in [0.3, 0.4) is 0 Å². The molecule has 1 aliphatic carbocycles. The van der Waals surface area contributed by atoms with Crippen LogP contribution in [0.15, 0.2) is 12.3 Å². The van der Waals surface area contributed by atoms with Gasteiger partial charge in [-0.1, -0.05) is 19.8 Å². The van der Waals surface area contributed by atoms with E-state index in [1.165, 1.54) is 12.8 Å². The molecule has 0 aromatic carbocycles. The third kappa shape index (κ3) is 3.46. The summed E-state index contributed by atoms with van der Waals surface area (Å²) in [6.45, 7) is 2.04. The number of nitrogens with one attached hydrogen (secondary N) is 1. The Kier molecular flexibility index (Phi) is 5.22. The highest BCUT2D eigenvalue weighted by Gasteiger charge is 2.26. The lowest BCUT2D eigenvalue weighted by molar-refractivity contribution is 0.0815. The third-order valence-electron chi connectivity index (χ3n) is 4.94. The molecule has 1 aliphatic rings. The summed E-state index contributed by atoms with van der Waals surface area (Å²) >= 11 is 0. The smallest absolute Gasteiger partial charge is 0.270 e. The molecule has 3 rings (SSSR count). The molecular weight excluding hydrogens is 318 g/mol. The van der Waals surface area contributed by atoms with E-state index < -0.39 is 0 Å². The first-order valence-electron chi connectivity index (χ1n) is 9.02. The van der Waals surface area contributed by atoms with E-state index in [0.29, 0.717) is 17.7 Å². The SMILES string of the molecule is CCC(CO)Nc1ncc2cc(C(=O)N(C)C)n(C3CCCC3)c2n1. The molecule has 0 radical (unpaired) electrons. The number of carbonyl (C=O) groups excluding carboxylic acids is 1. The molecule has 25 heavy (non-hydrogen) atoms. The fraction of sp³-hybridized carbons (Fsp3) is 0.611. The maximum atomic E-state index is 12.7. The molecule has 136 valence electrons. The highest BCUT2D eigenvalue weighted by molar-refractivity contribution is 5.97. The van der Waals surface area contributed by atoms with Crippen molar-refractivity contribution in [2.75, 3.05) is 26.0 Å². The Morgan fingerprint density at radius 1 is 1.44 bits per heavy atom. The first kappa shape index (κ1) is 17.7. The molecule has 2 aromatic rings. The zero-order valence-corrected chi connectivity index (χ0v) is 15.2. The largest absolute Gasteiger partial charge is 0.394 e. The van der Waals surface area contributed by atoms with Gasteiger partial charge in [-0.25, -0.2) is 4.98 Å². The molecular formula is C18H27N5O2. The van der Waals surface area contributed by atoms with E-state index in [9.17, 15) is 9.90 Å². The van der Waals surface area contributed by atoms with E-state index in [0.717, 1.165) is 30.3 Å². The number of hydrogen-bond donors (Lipinski definition) is 2. The van der Waals surface area contributed by atoms with Crippen molar-refractivity contribution in [2.24, 2.45) is 0 Å². The van der Waals surface area contributed by atoms with Crippen molar-refractivity contribution >= 4 is 22.9 Å². The fourth-order valence-electron chi connectivity index (χ4n) is 3.46. The highest BCUT2D eigenvalue weighted by Crippen LogP contribution is 2.34. The maximum absolute atomic E-state index is 12.7. The molecule has 0 aliphatic heterocycles. The van der Waals surface area contributed by atoms with Crippen molar-refractivity contribution in [1.82, 2.24) is 19.4 Å². The van der Waals surface area contributed by atoms with Crippen molar-refractivity contribution in [3.8, 4) is 0 Å². The normalized spacial score (nSPS) is 16.3. The predicted molar refractivity (Wildman–Crippen MR) is 97.8 cm³/mol. The van der Waals surface area contributed by atoms with Gasteiger partial charge in [0.25, 0.3) is 5.91 Å². The molecule has 1 amide bonds. The van der Waals surface area contributed by atoms with Gasteiger partial charge in [-0.2, -0.15) is 4.98 Å². The summed E-state index contributed by atoms with van der Waals surface area (Å²) < 4.78 is 2.09. The Bertz CT molecular complexity index is 745. The van der Waals surface area contributed by atoms with Crippen LogP contribution in [0.4, 0.5) is 5.95 Å². The molecule has 0 bridgehead atoms. The number of nitrogens with zero attached hydrogens (tertiary/aromatic N) is 4. The Morgan fingerprint density at radius 2 is 2.16 bits per heavy atom. The van der Waals surface area contributed by atoms with Crippen LogP contribution in [0.1, 0.15) is 55.6 Å². The Hall–Kier alpha value is -2.15. The second kappa shape index (κ2) is 7.39. The van der Waals surface area contributed by atoms with Crippen LogP contribution < -0.4 is 5.32 Å². The van der Waals surface area contributed by atoms with Gasteiger partial charge in [0.1, 0.15) is 11.3 Å². The second-order valence-electron chi connectivity index (χ2n) is 6.94. The minimum atomic E-state index is -0.0739. The van der Waals surface area contributed by atoms with E-state index in [1.807, 2.05) is 13.0 Å². The van der Waals surface area contributed by atoms with Gasteiger partial charge in [-0.3, -0.25) is 4.79 Å². The van der Waals surface area contributed by atoms with Crippen molar-refractivity contribution in [2.45, 2.75) is 51.1 Å². The average Bonchev–Trinajstić information content (AvgIpc) is 3.25. The van der Waals surface area contributed by atoms with Crippen molar-refractivity contribution in [3.05, 3.63) is 18.0 Å². The van der Waals surface area contributed by atoms with E-state index in [-0.39, 0.29) is 18.6 Å². The molecule has 0 saturated heterocycles. The number of amides is 1. The Labute approximate surface area is 148 Å².